The molecule has 0 saturated carbocycles. The van der Waals surface area contributed by atoms with E-state index in [4.69, 9.17) is 13.7 Å². The number of anilines is 1. The highest BCUT2D eigenvalue weighted by Gasteiger charge is 2.51. The predicted molar refractivity (Wildman–Crippen MR) is 179 cm³/mol. The molecule has 13 nitrogen and oxygen atoms in total. The van der Waals surface area contributed by atoms with Crippen LogP contribution in [0.15, 0.2) is 100 Å². The Morgan fingerprint density at radius 3 is 2.32 bits per heavy atom. The Morgan fingerprint density at radius 1 is 0.936 bits per heavy atom. The summed E-state index contributed by atoms with van der Waals surface area (Å²) in [6.45, 7) is 9.59. The van der Waals surface area contributed by atoms with Crippen molar-refractivity contribution in [2.75, 3.05) is 11.9 Å². The first-order valence-corrected chi connectivity index (χ1v) is 15.2. The van der Waals surface area contributed by atoms with E-state index >= 15 is 0 Å². The Hall–Kier alpha value is -5.34. The SMILES string of the molecule is CC1(C)OB(c2ccc(=O)[nH]c2)OC1(C)C.O=c1ccc(-c2ccc3ncc(-c4nnco4)c(NCCCn4ccnc4)c3c2)c[nH]1. The van der Waals surface area contributed by atoms with Gasteiger partial charge in [0.15, 0.2) is 0 Å². The van der Waals surface area contributed by atoms with Gasteiger partial charge in [-0.15, -0.1) is 10.2 Å². The molecular formula is C33H35BN8O5. The van der Waals surface area contributed by atoms with Crippen LogP contribution < -0.4 is 21.9 Å². The minimum Gasteiger partial charge on any atom is -0.423 e. The fourth-order valence-electron chi connectivity index (χ4n) is 5.05. The fourth-order valence-corrected chi connectivity index (χ4v) is 5.05. The summed E-state index contributed by atoms with van der Waals surface area (Å²) in [5, 5.41) is 12.3. The molecule has 0 unspecified atom stereocenters. The van der Waals surface area contributed by atoms with E-state index in [0.29, 0.717) is 5.89 Å². The average molecular weight is 635 g/mol. The topological polar surface area (TPSA) is 166 Å². The fraction of sp³-hybridized carbons (Fsp3) is 0.273. The lowest BCUT2D eigenvalue weighted by atomic mass is 9.80. The van der Waals surface area contributed by atoms with Gasteiger partial charge in [0.1, 0.15) is 0 Å². The smallest absolute Gasteiger partial charge is 0.423 e. The van der Waals surface area contributed by atoms with Crippen LogP contribution in [0, 0.1) is 0 Å². The Labute approximate surface area is 270 Å². The van der Waals surface area contributed by atoms with Crippen LogP contribution in [-0.2, 0) is 15.9 Å². The first kappa shape index (κ1) is 31.6. The zero-order valence-corrected chi connectivity index (χ0v) is 26.6. The lowest BCUT2D eigenvalue weighted by Crippen LogP contribution is -2.41. The summed E-state index contributed by atoms with van der Waals surface area (Å²) in [5.74, 6) is 0.404. The van der Waals surface area contributed by atoms with E-state index in [0.717, 1.165) is 58.3 Å². The van der Waals surface area contributed by atoms with Gasteiger partial charge in [-0.2, -0.15) is 0 Å². The summed E-state index contributed by atoms with van der Waals surface area (Å²) in [5.41, 5.74) is 4.21. The number of rotatable bonds is 8. The lowest BCUT2D eigenvalue weighted by Gasteiger charge is -2.32. The summed E-state index contributed by atoms with van der Waals surface area (Å²) in [6, 6.07) is 12.5. The maximum atomic E-state index is 11.4. The molecule has 1 fully saturated rings. The molecule has 7 rings (SSSR count). The summed E-state index contributed by atoms with van der Waals surface area (Å²) < 4.78 is 19.2. The molecule has 3 N–H and O–H groups in total. The van der Waals surface area contributed by atoms with Crippen molar-refractivity contribution in [3.63, 3.8) is 0 Å². The van der Waals surface area contributed by atoms with Crippen LogP contribution in [0.25, 0.3) is 33.5 Å². The zero-order valence-electron chi connectivity index (χ0n) is 26.6. The second kappa shape index (κ2) is 13.2. The molecule has 5 aromatic heterocycles. The molecule has 1 saturated heterocycles. The third-order valence-electron chi connectivity index (χ3n) is 8.36. The predicted octanol–water partition coefficient (Wildman–Crippen LogP) is 4.01. The van der Waals surface area contributed by atoms with Crippen molar-refractivity contribution in [1.29, 1.82) is 0 Å². The summed E-state index contributed by atoms with van der Waals surface area (Å²) in [7, 11) is -0.415. The van der Waals surface area contributed by atoms with E-state index in [-0.39, 0.29) is 22.3 Å². The normalized spacial score (nSPS) is 14.9. The van der Waals surface area contributed by atoms with E-state index in [1.807, 2.05) is 63.0 Å². The highest BCUT2D eigenvalue weighted by Crippen LogP contribution is 2.37. The number of benzene rings is 1. The van der Waals surface area contributed by atoms with Gasteiger partial charge in [0, 0.05) is 61.6 Å². The molecule has 240 valence electrons. The Morgan fingerprint density at radius 2 is 1.68 bits per heavy atom. The molecule has 0 bridgehead atoms. The third-order valence-corrected chi connectivity index (χ3v) is 8.36. The van der Waals surface area contributed by atoms with Gasteiger partial charge in [0.05, 0.1) is 34.3 Å². The van der Waals surface area contributed by atoms with E-state index in [1.54, 1.807) is 36.9 Å². The molecule has 1 aromatic carbocycles. The van der Waals surface area contributed by atoms with Crippen LogP contribution in [0.2, 0.25) is 0 Å². The van der Waals surface area contributed by atoms with Crippen molar-refractivity contribution in [2.24, 2.45) is 0 Å². The number of hydrogen-bond donors (Lipinski definition) is 3. The summed E-state index contributed by atoms with van der Waals surface area (Å²) >= 11 is 0. The largest absolute Gasteiger partial charge is 0.496 e. The van der Waals surface area contributed by atoms with Crippen LogP contribution in [0.5, 0.6) is 0 Å². The molecule has 47 heavy (non-hydrogen) atoms. The quantitative estimate of drug-likeness (QED) is 0.165. The third kappa shape index (κ3) is 7.08. The standard InChI is InChI=1S/C22H19N7O2.C11H16BNO3/c30-20-5-3-16(11-26-20)15-2-4-19-17(10-15)21(18(12-25-19)22-28-27-14-31-22)24-6-1-8-29-9-7-23-13-29;1-10(2)11(3,4)16-12(15-10)8-5-6-9(14)13-7-8/h2-5,7,9-14H,1,6,8H2,(H,24,25)(H,26,30);5-7H,1-4H3,(H,13,14). The molecule has 14 heteroatoms. The molecule has 0 atom stereocenters. The molecule has 1 aliphatic rings. The maximum Gasteiger partial charge on any atom is 0.496 e. The van der Waals surface area contributed by atoms with E-state index in [1.165, 1.54) is 18.5 Å². The molecular weight excluding hydrogens is 599 g/mol. The zero-order chi connectivity index (χ0) is 33.0. The second-order valence-corrected chi connectivity index (χ2v) is 12.1. The molecule has 0 aliphatic carbocycles. The number of nitrogens with zero attached hydrogens (tertiary/aromatic N) is 5. The van der Waals surface area contributed by atoms with Crippen molar-refractivity contribution in [3.05, 3.63) is 107 Å². The van der Waals surface area contributed by atoms with Crippen LogP contribution >= 0.6 is 0 Å². The maximum absolute atomic E-state index is 11.4. The van der Waals surface area contributed by atoms with Gasteiger partial charge in [0.25, 0.3) is 5.89 Å². The number of pyridine rings is 3. The Balaban J connectivity index is 0.000000203. The number of imidazole rings is 1. The van der Waals surface area contributed by atoms with Gasteiger partial charge in [-0.05, 0) is 68.9 Å². The van der Waals surface area contributed by atoms with Gasteiger partial charge >= 0.3 is 7.12 Å². The van der Waals surface area contributed by atoms with Crippen LogP contribution in [0.1, 0.15) is 34.1 Å². The number of fused-ring (bicyclic) bond motifs is 1. The number of H-pyrrole nitrogens is 2. The lowest BCUT2D eigenvalue weighted by molar-refractivity contribution is 0.00578. The molecule has 0 radical (unpaired) electrons. The molecule has 6 heterocycles. The first-order valence-electron chi connectivity index (χ1n) is 15.2. The van der Waals surface area contributed by atoms with Crippen molar-refractivity contribution in [2.45, 2.75) is 51.9 Å². The molecule has 6 aromatic rings. The number of aryl methyl sites for hydroxylation is 1. The monoisotopic (exact) mass is 634 g/mol. The van der Waals surface area contributed by atoms with Crippen LogP contribution in [0.3, 0.4) is 0 Å². The van der Waals surface area contributed by atoms with Crippen molar-refractivity contribution >= 4 is 29.2 Å². The van der Waals surface area contributed by atoms with Crippen molar-refractivity contribution in [1.82, 2.24) is 34.7 Å². The van der Waals surface area contributed by atoms with Gasteiger partial charge in [-0.1, -0.05) is 12.1 Å². The van der Waals surface area contributed by atoms with Crippen molar-refractivity contribution in [3.8, 4) is 22.6 Å². The van der Waals surface area contributed by atoms with Crippen molar-refractivity contribution < 1.29 is 13.7 Å². The van der Waals surface area contributed by atoms with Gasteiger partial charge < -0.3 is 33.6 Å². The first-order chi connectivity index (χ1) is 22.6. The van der Waals surface area contributed by atoms with Crippen LogP contribution in [0.4, 0.5) is 5.69 Å². The number of aromatic nitrogens is 7. The number of aromatic amines is 2. The van der Waals surface area contributed by atoms with Gasteiger partial charge in [-0.3, -0.25) is 14.6 Å². The number of nitrogens with one attached hydrogen (secondary N) is 3. The number of hydrogen-bond acceptors (Lipinski definition) is 10. The van der Waals surface area contributed by atoms with E-state index in [2.05, 4.69) is 35.5 Å². The summed E-state index contributed by atoms with van der Waals surface area (Å²) in [6.07, 6.45) is 12.8. The van der Waals surface area contributed by atoms with Gasteiger partial charge in [-0.25, -0.2) is 4.98 Å². The van der Waals surface area contributed by atoms with E-state index < -0.39 is 7.12 Å². The van der Waals surface area contributed by atoms with E-state index in [9.17, 15) is 9.59 Å². The molecule has 0 spiro atoms. The average Bonchev–Trinajstić information content (AvgIpc) is 3.82. The highest BCUT2D eigenvalue weighted by molar-refractivity contribution is 6.62. The molecule has 1 aliphatic heterocycles. The summed E-state index contributed by atoms with van der Waals surface area (Å²) in [4.78, 5) is 36.4. The Kier molecular flexibility index (Phi) is 8.87. The van der Waals surface area contributed by atoms with Crippen LogP contribution in [-0.4, -0.2) is 59.6 Å². The minimum atomic E-state index is -0.415. The molecule has 0 amide bonds. The Bertz CT molecular complexity index is 2020. The minimum absolute atomic E-state index is 0.125. The highest BCUT2D eigenvalue weighted by atomic mass is 16.7. The second-order valence-electron chi connectivity index (χ2n) is 12.1. The van der Waals surface area contributed by atoms with Gasteiger partial charge in [0.2, 0.25) is 17.5 Å².